The summed E-state index contributed by atoms with van der Waals surface area (Å²) in [7, 11) is 0. The number of hydrogen-bond acceptors (Lipinski definition) is 4. The van der Waals surface area contributed by atoms with Crippen molar-refractivity contribution in [3.8, 4) is 11.5 Å². The predicted octanol–water partition coefficient (Wildman–Crippen LogP) is 3.68. The van der Waals surface area contributed by atoms with Gasteiger partial charge in [0.2, 0.25) is 11.7 Å². The van der Waals surface area contributed by atoms with Gasteiger partial charge >= 0.3 is 0 Å². The highest BCUT2D eigenvalue weighted by molar-refractivity contribution is 5.79. The lowest BCUT2D eigenvalue weighted by Gasteiger charge is -2.18. The zero-order chi connectivity index (χ0) is 18.9. The van der Waals surface area contributed by atoms with E-state index >= 15 is 4.39 Å². The lowest BCUT2D eigenvalue weighted by Crippen LogP contribution is -2.33. The Morgan fingerprint density at radius 3 is 2.67 bits per heavy atom. The van der Waals surface area contributed by atoms with E-state index in [-0.39, 0.29) is 37.0 Å². The van der Waals surface area contributed by atoms with E-state index in [4.69, 9.17) is 4.52 Å². The van der Waals surface area contributed by atoms with E-state index in [9.17, 15) is 4.79 Å². The highest BCUT2D eigenvalue weighted by atomic mass is 19.1. The van der Waals surface area contributed by atoms with Crippen LogP contribution >= 0.6 is 0 Å². The van der Waals surface area contributed by atoms with Gasteiger partial charge < -0.3 is 9.42 Å². The van der Waals surface area contributed by atoms with E-state index in [0.717, 1.165) is 16.7 Å². The van der Waals surface area contributed by atoms with Crippen molar-refractivity contribution in [3.05, 3.63) is 71.5 Å². The number of hydrogen-bond donors (Lipinski definition) is 0. The van der Waals surface area contributed by atoms with Crippen molar-refractivity contribution in [1.82, 2.24) is 15.0 Å². The van der Waals surface area contributed by atoms with Gasteiger partial charge in [-0.3, -0.25) is 4.79 Å². The summed E-state index contributed by atoms with van der Waals surface area (Å²) in [5.74, 6) is 0.198. The van der Waals surface area contributed by atoms with Gasteiger partial charge in [-0.15, -0.1) is 0 Å². The zero-order valence-corrected chi connectivity index (χ0v) is 15.1. The fourth-order valence-corrected chi connectivity index (χ4v) is 3.26. The number of likely N-dealkylation sites (tertiary alicyclic amines) is 1. The molecule has 1 aliphatic heterocycles. The van der Waals surface area contributed by atoms with Crippen LogP contribution in [0.1, 0.15) is 23.4 Å². The second kappa shape index (κ2) is 6.95. The van der Waals surface area contributed by atoms with Gasteiger partial charge in [0.05, 0.1) is 13.0 Å². The molecule has 1 aliphatic rings. The molecule has 0 radical (unpaired) electrons. The summed E-state index contributed by atoms with van der Waals surface area (Å²) in [4.78, 5) is 18.3. The summed E-state index contributed by atoms with van der Waals surface area (Å²) >= 11 is 0. The minimum atomic E-state index is -1.78. The lowest BCUT2D eigenvalue weighted by molar-refractivity contribution is -0.130. The fourth-order valence-electron chi connectivity index (χ4n) is 3.26. The number of carbonyl (C=O) groups is 1. The Morgan fingerprint density at radius 1 is 1.19 bits per heavy atom. The molecule has 1 amide bonds. The first-order valence-electron chi connectivity index (χ1n) is 8.95. The molecule has 0 bridgehead atoms. The van der Waals surface area contributed by atoms with Crippen LogP contribution in [0.3, 0.4) is 0 Å². The molecule has 0 saturated carbocycles. The van der Waals surface area contributed by atoms with E-state index < -0.39 is 5.67 Å². The van der Waals surface area contributed by atoms with E-state index in [1.807, 2.05) is 61.5 Å². The van der Waals surface area contributed by atoms with Crippen LogP contribution < -0.4 is 0 Å². The minimum absolute atomic E-state index is 0.00647. The van der Waals surface area contributed by atoms with Crippen molar-refractivity contribution in [2.75, 3.05) is 13.1 Å². The molecular weight excluding hydrogens is 345 g/mol. The Hall–Kier alpha value is -3.02. The normalized spacial score (nSPS) is 19.4. The standard InChI is InChI=1S/C21H20FN3O2/c1-15-7-9-16(10-8-15)13-18(26)25-12-11-21(22,14-25)20-23-19(27-24-20)17-5-3-2-4-6-17/h2-10H,11-14H2,1H3. The molecule has 4 rings (SSSR count). The molecule has 3 aromatic rings. The van der Waals surface area contributed by atoms with Gasteiger partial charge in [0.15, 0.2) is 5.67 Å². The van der Waals surface area contributed by atoms with Crippen LogP contribution in [0, 0.1) is 6.92 Å². The first-order valence-corrected chi connectivity index (χ1v) is 8.95. The summed E-state index contributed by atoms with van der Waals surface area (Å²) in [5.41, 5.74) is 1.03. The Balaban J connectivity index is 1.45. The third kappa shape index (κ3) is 3.60. The van der Waals surface area contributed by atoms with Crippen molar-refractivity contribution < 1.29 is 13.7 Å². The predicted molar refractivity (Wildman–Crippen MR) is 98.6 cm³/mol. The number of carbonyl (C=O) groups excluding carboxylic acids is 1. The molecule has 6 heteroatoms. The summed E-state index contributed by atoms with van der Waals surface area (Å²) < 4.78 is 20.6. The van der Waals surface area contributed by atoms with Gasteiger partial charge in [-0.2, -0.15) is 4.98 Å². The Kier molecular flexibility index (Phi) is 4.48. The lowest BCUT2D eigenvalue weighted by atomic mass is 10.1. The maximum atomic E-state index is 15.4. The maximum absolute atomic E-state index is 15.4. The van der Waals surface area contributed by atoms with E-state index in [0.29, 0.717) is 6.54 Å². The van der Waals surface area contributed by atoms with Crippen LogP contribution in [-0.2, 0) is 16.9 Å². The molecule has 138 valence electrons. The molecule has 0 spiro atoms. The number of halogens is 1. The van der Waals surface area contributed by atoms with Gasteiger partial charge in [0, 0.05) is 18.5 Å². The van der Waals surface area contributed by atoms with Crippen LogP contribution in [-0.4, -0.2) is 34.0 Å². The number of aromatic nitrogens is 2. The van der Waals surface area contributed by atoms with Gasteiger partial charge in [0.25, 0.3) is 5.89 Å². The van der Waals surface area contributed by atoms with E-state index in [1.165, 1.54) is 0 Å². The second-order valence-electron chi connectivity index (χ2n) is 6.98. The Bertz CT molecular complexity index is 940. The quantitative estimate of drug-likeness (QED) is 0.708. The fraction of sp³-hybridized carbons (Fsp3) is 0.286. The highest BCUT2D eigenvalue weighted by Crippen LogP contribution is 2.35. The first-order chi connectivity index (χ1) is 13.0. The smallest absolute Gasteiger partial charge is 0.258 e. The van der Waals surface area contributed by atoms with Crippen LogP contribution in [0.15, 0.2) is 59.1 Å². The van der Waals surface area contributed by atoms with Gasteiger partial charge in [-0.05, 0) is 24.6 Å². The molecule has 2 heterocycles. The van der Waals surface area contributed by atoms with Gasteiger partial charge in [0.1, 0.15) is 0 Å². The van der Waals surface area contributed by atoms with E-state index in [1.54, 1.807) is 4.90 Å². The third-order valence-corrected chi connectivity index (χ3v) is 4.90. The molecule has 1 atom stereocenters. The summed E-state index contributed by atoms with van der Waals surface area (Å²) in [6.45, 7) is 2.29. The molecule has 1 fully saturated rings. The molecule has 5 nitrogen and oxygen atoms in total. The molecule has 0 N–H and O–H groups in total. The zero-order valence-electron chi connectivity index (χ0n) is 15.1. The number of benzene rings is 2. The monoisotopic (exact) mass is 365 g/mol. The van der Waals surface area contributed by atoms with Crippen molar-refractivity contribution in [1.29, 1.82) is 0 Å². The average Bonchev–Trinajstić information content (AvgIpc) is 3.33. The summed E-state index contributed by atoms with van der Waals surface area (Å²) in [6.07, 6.45) is 0.429. The molecule has 1 unspecified atom stereocenters. The number of amides is 1. The van der Waals surface area contributed by atoms with Crippen molar-refractivity contribution in [3.63, 3.8) is 0 Å². The van der Waals surface area contributed by atoms with Crippen LogP contribution in [0.25, 0.3) is 11.5 Å². The average molecular weight is 365 g/mol. The SMILES string of the molecule is Cc1ccc(CC(=O)N2CCC(F)(c3noc(-c4ccccc4)n3)C2)cc1. The van der Waals surface area contributed by atoms with Crippen molar-refractivity contribution in [2.24, 2.45) is 0 Å². The molecule has 1 aromatic heterocycles. The van der Waals surface area contributed by atoms with Crippen LogP contribution in [0.4, 0.5) is 4.39 Å². The summed E-state index contributed by atoms with van der Waals surface area (Å²) in [5, 5.41) is 3.83. The van der Waals surface area contributed by atoms with Gasteiger partial charge in [-0.1, -0.05) is 53.2 Å². The second-order valence-corrected chi connectivity index (χ2v) is 6.98. The number of alkyl halides is 1. The third-order valence-electron chi connectivity index (χ3n) is 4.90. The van der Waals surface area contributed by atoms with Gasteiger partial charge in [-0.25, -0.2) is 4.39 Å². The van der Waals surface area contributed by atoms with Crippen molar-refractivity contribution >= 4 is 5.91 Å². The van der Waals surface area contributed by atoms with Crippen LogP contribution in [0.5, 0.6) is 0 Å². The molecule has 1 saturated heterocycles. The molecule has 2 aromatic carbocycles. The van der Waals surface area contributed by atoms with Crippen molar-refractivity contribution in [2.45, 2.75) is 25.4 Å². The molecular formula is C21H20FN3O2. The first kappa shape index (κ1) is 17.4. The van der Waals surface area contributed by atoms with Crippen LogP contribution in [0.2, 0.25) is 0 Å². The molecule has 27 heavy (non-hydrogen) atoms. The topological polar surface area (TPSA) is 59.2 Å². The maximum Gasteiger partial charge on any atom is 0.258 e. The number of rotatable bonds is 4. The molecule has 0 aliphatic carbocycles. The highest BCUT2D eigenvalue weighted by Gasteiger charge is 2.45. The Morgan fingerprint density at radius 2 is 1.93 bits per heavy atom. The Labute approximate surface area is 156 Å². The minimum Gasteiger partial charge on any atom is -0.339 e. The summed E-state index contributed by atoms with van der Waals surface area (Å²) in [6, 6.07) is 17.0. The number of aryl methyl sites for hydroxylation is 1. The van der Waals surface area contributed by atoms with E-state index in [2.05, 4.69) is 10.1 Å². The number of nitrogens with zero attached hydrogens (tertiary/aromatic N) is 3. The largest absolute Gasteiger partial charge is 0.339 e.